The Balaban J connectivity index is 2.61. The molecule has 2 N–H and O–H groups in total. The van der Waals surface area contributed by atoms with Gasteiger partial charge >= 0.3 is 17.9 Å². The van der Waals surface area contributed by atoms with Gasteiger partial charge in [0.1, 0.15) is 11.1 Å². The molecule has 2 rings (SSSR count). The third-order valence-corrected chi connectivity index (χ3v) is 2.91. The fraction of sp³-hybridized carbons (Fsp3) is 0. The molecule has 0 saturated carbocycles. The monoisotopic (exact) mass is 340 g/mol. The van der Waals surface area contributed by atoms with Crippen LogP contribution in [-0.2, 0) is 0 Å². The van der Waals surface area contributed by atoms with Crippen molar-refractivity contribution in [2.45, 2.75) is 0 Å². The number of halogens is 3. The molecule has 0 fully saturated rings. The van der Waals surface area contributed by atoms with Crippen LogP contribution in [0, 0.1) is 17.5 Å². The summed E-state index contributed by atoms with van der Waals surface area (Å²) >= 11 is 0. The van der Waals surface area contributed by atoms with Gasteiger partial charge in [-0.2, -0.15) is 4.39 Å². The molecule has 2 aromatic carbocycles. The van der Waals surface area contributed by atoms with E-state index in [0.29, 0.717) is 0 Å². The first-order valence-electron chi connectivity index (χ1n) is 6.20. The highest BCUT2D eigenvalue weighted by atomic mass is 19.2. The summed E-state index contributed by atoms with van der Waals surface area (Å²) in [4.78, 5) is 33.6. The van der Waals surface area contributed by atoms with Gasteiger partial charge in [0.15, 0.2) is 11.6 Å². The highest BCUT2D eigenvalue weighted by Crippen LogP contribution is 2.31. The number of hydrogen-bond donors (Lipinski definition) is 2. The molecule has 0 heterocycles. The Morgan fingerprint density at radius 3 is 1.79 bits per heavy atom. The van der Waals surface area contributed by atoms with Crippen LogP contribution >= 0.6 is 0 Å². The van der Waals surface area contributed by atoms with Gasteiger partial charge in [-0.05, 0) is 12.1 Å². The standard InChI is InChI=1S/C15H7F3O6/c16-9-7(13(19)20)8(14(21)22)10(17)12(11(9)18)24-15(23)6-4-2-1-3-5-6/h1-5H,(H,19,20)(H,21,22). The first kappa shape index (κ1) is 17.0. The number of carboxylic acid groups (broad SMARTS) is 2. The van der Waals surface area contributed by atoms with Crippen LogP contribution in [-0.4, -0.2) is 28.1 Å². The van der Waals surface area contributed by atoms with Crippen LogP contribution in [0.1, 0.15) is 31.1 Å². The van der Waals surface area contributed by atoms with Crippen molar-refractivity contribution in [1.82, 2.24) is 0 Å². The summed E-state index contributed by atoms with van der Waals surface area (Å²) < 4.78 is 46.2. The summed E-state index contributed by atoms with van der Waals surface area (Å²) in [6.07, 6.45) is 0. The Hall–Kier alpha value is -3.36. The summed E-state index contributed by atoms with van der Waals surface area (Å²) in [7, 11) is 0. The number of carboxylic acids is 2. The number of carbonyl (C=O) groups excluding carboxylic acids is 1. The second kappa shape index (κ2) is 6.41. The SMILES string of the molecule is O=C(Oc1c(F)c(F)c(C(=O)O)c(C(=O)O)c1F)c1ccccc1. The number of esters is 1. The van der Waals surface area contributed by atoms with Crippen molar-refractivity contribution in [3.05, 3.63) is 64.5 Å². The number of aromatic carboxylic acids is 2. The molecule has 2 aromatic rings. The average molecular weight is 340 g/mol. The first-order valence-corrected chi connectivity index (χ1v) is 6.20. The zero-order chi connectivity index (χ0) is 18.0. The van der Waals surface area contributed by atoms with Gasteiger partial charge in [0.05, 0.1) is 5.56 Å². The minimum Gasteiger partial charge on any atom is -0.478 e. The van der Waals surface area contributed by atoms with E-state index >= 15 is 0 Å². The fourth-order valence-corrected chi connectivity index (χ4v) is 1.86. The van der Waals surface area contributed by atoms with Crippen molar-refractivity contribution in [3.63, 3.8) is 0 Å². The minimum atomic E-state index is -2.19. The Bertz CT molecular complexity index is 848. The molecule has 0 atom stereocenters. The van der Waals surface area contributed by atoms with Crippen LogP contribution in [0.5, 0.6) is 5.75 Å². The molecule has 0 aliphatic rings. The zero-order valence-corrected chi connectivity index (χ0v) is 11.5. The second-order valence-corrected chi connectivity index (χ2v) is 4.39. The molecule has 0 aromatic heterocycles. The molecular formula is C15H7F3O6. The van der Waals surface area contributed by atoms with Crippen LogP contribution in [0.2, 0.25) is 0 Å². The molecule has 0 bridgehead atoms. The maximum atomic E-state index is 14.1. The molecule has 0 amide bonds. The number of benzene rings is 2. The van der Waals surface area contributed by atoms with Crippen LogP contribution in [0.3, 0.4) is 0 Å². The fourth-order valence-electron chi connectivity index (χ4n) is 1.86. The van der Waals surface area contributed by atoms with Crippen LogP contribution in [0.4, 0.5) is 13.2 Å². The predicted molar refractivity (Wildman–Crippen MR) is 71.6 cm³/mol. The maximum absolute atomic E-state index is 14.1. The maximum Gasteiger partial charge on any atom is 0.343 e. The topological polar surface area (TPSA) is 101 Å². The minimum absolute atomic E-state index is 0.143. The summed E-state index contributed by atoms with van der Waals surface area (Å²) in [5, 5.41) is 17.6. The van der Waals surface area contributed by atoms with E-state index in [-0.39, 0.29) is 5.56 Å². The normalized spacial score (nSPS) is 10.3. The molecular weight excluding hydrogens is 333 g/mol. The van der Waals surface area contributed by atoms with Crippen molar-refractivity contribution in [3.8, 4) is 5.75 Å². The molecule has 0 radical (unpaired) electrons. The second-order valence-electron chi connectivity index (χ2n) is 4.39. The molecule has 0 spiro atoms. The smallest absolute Gasteiger partial charge is 0.343 e. The predicted octanol–water partition coefficient (Wildman–Crippen LogP) is 2.72. The number of rotatable bonds is 4. The van der Waals surface area contributed by atoms with Crippen LogP contribution in [0.25, 0.3) is 0 Å². The lowest BCUT2D eigenvalue weighted by Crippen LogP contribution is -2.19. The van der Waals surface area contributed by atoms with E-state index < -0.39 is 52.2 Å². The highest BCUT2D eigenvalue weighted by molar-refractivity contribution is 6.03. The molecule has 0 unspecified atom stereocenters. The van der Waals surface area contributed by atoms with Crippen molar-refractivity contribution < 1.29 is 42.5 Å². The molecule has 24 heavy (non-hydrogen) atoms. The molecule has 0 saturated heterocycles. The summed E-state index contributed by atoms with van der Waals surface area (Å²) in [5.41, 5.74) is -3.51. The van der Waals surface area contributed by atoms with Gasteiger partial charge in [-0.15, -0.1) is 0 Å². The molecule has 0 aliphatic carbocycles. The van der Waals surface area contributed by atoms with E-state index in [1.807, 2.05) is 0 Å². The van der Waals surface area contributed by atoms with Gasteiger partial charge in [0.25, 0.3) is 0 Å². The van der Waals surface area contributed by atoms with Crippen molar-refractivity contribution in [2.24, 2.45) is 0 Å². The third-order valence-electron chi connectivity index (χ3n) is 2.91. The van der Waals surface area contributed by atoms with Gasteiger partial charge < -0.3 is 14.9 Å². The molecule has 6 nitrogen and oxygen atoms in total. The largest absolute Gasteiger partial charge is 0.478 e. The lowest BCUT2D eigenvalue weighted by atomic mass is 10.0. The summed E-state index contributed by atoms with van der Waals surface area (Å²) in [5.74, 6) is -13.6. The van der Waals surface area contributed by atoms with Gasteiger partial charge in [0, 0.05) is 0 Å². The Kier molecular flexibility index (Phi) is 4.54. The zero-order valence-electron chi connectivity index (χ0n) is 11.5. The van der Waals surface area contributed by atoms with Crippen LogP contribution in [0.15, 0.2) is 30.3 Å². The highest BCUT2D eigenvalue weighted by Gasteiger charge is 2.34. The van der Waals surface area contributed by atoms with Gasteiger partial charge in [-0.1, -0.05) is 18.2 Å². The van der Waals surface area contributed by atoms with Crippen molar-refractivity contribution in [1.29, 1.82) is 0 Å². The average Bonchev–Trinajstić information content (AvgIpc) is 2.54. The first-order chi connectivity index (χ1) is 11.3. The molecule has 0 aliphatic heterocycles. The van der Waals surface area contributed by atoms with Crippen LogP contribution < -0.4 is 4.74 Å². The summed E-state index contributed by atoms with van der Waals surface area (Å²) in [6, 6.07) is 6.85. The molecule has 124 valence electrons. The Morgan fingerprint density at radius 2 is 1.29 bits per heavy atom. The van der Waals surface area contributed by atoms with E-state index in [9.17, 15) is 27.6 Å². The molecule has 9 heteroatoms. The van der Waals surface area contributed by atoms with Gasteiger partial charge in [0.2, 0.25) is 11.6 Å². The van der Waals surface area contributed by atoms with Crippen molar-refractivity contribution in [2.75, 3.05) is 0 Å². The lowest BCUT2D eigenvalue weighted by molar-refractivity contribution is 0.0634. The third kappa shape index (κ3) is 2.91. The van der Waals surface area contributed by atoms with Gasteiger partial charge in [-0.25, -0.2) is 23.2 Å². The van der Waals surface area contributed by atoms with E-state index in [0.717, 1.165) is 0 Å². The van der Waals surface area contributed by atoms with E-state index in [2.05, 4.69) is 4.74 Å². The van der Waals surface area contributed by atoms with Crippen molar-refractivity contribution >= 4 is 17.9 Å². The van der Waals surface area contributed by atoms with E-state index in [1.54, 1.807) is 6.07 Å². The lowest BCUT2D eigenvalue weighted by Gasteiger charge is -2.12. The quantitative estimate of drug-likeness (QED) is 0.504. The number of hydrogen-bond acceptors (Lipinski definition) is 4. The number of ether oxygens (including phenoxy) is 1. The van der Waals surface area contributed by atoms with E-state index in [1.165, 1.54) is 24.3 Å². The van der Waals surface area contributed by atoms with E-state index in [4.69, 9.17) is 10.2 Å². The number of carbonyl (C=O) groups is 3. The van der Waals surface area contributed by atoms with Gasteiger partial charge in [-0.3, -0.25) is 0 Å². The Labute approximate surface area is 131 Å². The summed E-state index contributed by atoms with van der Waals surface area (Å²) in [6.45, 7) is 0. The Morgan fingerprint density at radius 1 is 0.792 bits per heavy atom.